The van der Waals surface area contributed by atoms with Gasteiger partial charge in [0.05, 0.1) is 12.7 Å². The molecule has 2 aliphatic rings. The number of aromatic nitrogens is 4. The molecule has 1 aliphatic carbocycles. The van der Waals surface area contributed by atoms with E-state index >= 15 is 0 Å². The number of fused-ring (bicyclic) bond motifs is 1. The van der Waals surface area contributed by atoms with Crippen LogP contribution < -0.4 is 5.32 Å². The first-order chi connectivity index (χ1) is 11.2. The first-order valence-electron chi connectivity index (χ1n) is 7.41. The summed E-state index contributed by atoms with van der Waals surface area (Å²) in [5.74, 6) is 0.629. The monoisotopic (exact) mass is 321 g/mol. The Morgan fingerprint density at radius 1 is 1.26 bits per heavy atom. The molecule has 4 atom stereocenters. The zero-order valence-corrected chi connectivity index (χ0v) is 12.1. The normalized spacial score (nSPS) is 31.3. The maximum atomic E-state index is 12.3. The standard InChI is InChI=1S/C14H16FN5O3/c15-4-3-8-10(21)11(22)14(23-8)20-6-18-9-12(19-7-1-2-7)16-5-17-13(9)20/h3-8,10-11,14,21-22H,1-2H2,(H,16,17,19)/b4-3-/t8-,10-,11-,14-/m1/s1. The molecule has 2 fully saturated rings. The van der Waals surface area contributed by atoms with Gasteiger partial charge >= 0.3 is 0 Å². The quantitative estimate of drug-likeness (QED) is 0.753. The number of nitrogens with zero attached hydrogens (tertiary/aromatic N) is 4. The summed E-state index contributed by atoms with van der Waals surface area (Å²) in [4.78, 5) is 12.7. The van der Waals surface area contributed by atoms with Gasteiger partial charge in [-0.2, -0.15) is 0 Å². The summed E-state index contributed by atoms with van der Waals surface area (Å²) >= 11 is 0. The van der Waals surface area contributed by atoms with Crippen molar-refractivity contribution in [2.24, 2.45) is 0 Å². The minimum absolute atomic E-state index is 0.287. The number of ether oxygens (including phenoxy) is 1. The van der Waals surface area contributed by atoms with Crippen LogP contribution in [0.25, 0.3) is 11.2 Å². The van der Waals surface area contributed by atoms with Crippen LogP contribution in [0.2, 0.25) is 0 Å². The van der Waals surface area contributed by atoms with Gasteiger partial charge in [0.15, 0.2) is 23.2 Å². The highest BCUT2D eigenvalue weighted by atomic mass is 19.1. The lowest BCUT2D eigenvalue weighted by atomic mass is 10.1. The van der Waals surface area contributed by atoms with Crippen molar-refractivity contribution >= 4 is 17.0 Å². The Balaban J connectivity index is 1.69. The molecule has 1 saturated carbocycles. The third-order valence-corrected chi connectivity index (χ3v) is 4.09. The summed E-state index contributed by atoms with van der Waals surface area (Å²) in [6, 6.07) is 0.410. The van der Waals surface area contributed by atoms with Gasteiger partial charge in [-0.1, -0.05) is 0 Å². The summed E-state index contributed by atoms with van der Waals surface area (Å²) < 4.78 is 19.4. The van der Waals surface area contributed by atoms with Crippen LogP contribution in [0.15, 0.2) is 25.1 Å². The maximum Gasteiger partial charge on any atom is 0.167 e. The number of halogens is 1. The van der Waals surface area contributed by atoms with E-state index in [2.05, 4.69) is 20.3 Å². The zero-order chi connectivity index (χ0) is 16.0. The van der Waals surface area contributed by atoms with E-state index in [0.717, 1.165) is 18.9 Å². The van der Waals surface area contributed by atoms with Crippen molar-refractivity contribution in [3.63, 3.8) is 0 Å². The molecule has 2 aromatic heterocycles. The Morgan fingerprint density at radius 3 is 2.83 bits per heavy atom. The van der Waals surface area contributed by atoms with E-state index in [1.54, 1.807) is 0 Å². The smallest absolute Gasteiger partial charge is 0.167 e. The average Bonchev–Trinajstić information content (AvgIpc) is 3.20. The highest BCUT2D eigenvalue weighted by molar-refractivity contribution is 5.83. The highest BCUT2D eigenvalue weighted by Crippen LogP contribution is 2.33. The van der Waals surface area contributed by atoms with E-state index in [4.69, 9.17) is 4.74 Å². The van der Waals surface area contributed by atoms with Crippen LogP contribution in [0, 0.1) is 0 Å². The topological polar surface area (TPSA) is 105 Å². The van der Waals surface area contributed by atoms with Gasteiger partial charge in [-0.3, -0.25) is 4.57 Å². The Morgan fingerprint density at radius 2 is 2.09 bits per heavy atom. The van der Waals surface area contributed by atoms with Crippen LogP contribution in [-0.2, 0) is 4.74 Å². The molecule has 0 aromatic carbocycles. The molecule has 9 heteroatoms. The highest BCUT2D eigenvalue weighted by Gasteiger charge is 2.43. The molecule has 1 saturated heterocycles. The molecular formula is C14H16FN5O3. The number of nitrogens with one attached hydrogen (secondary N) is 1. The second-order valence-corrected chi connectivity index (χ2v) is 5.76. The number of imidazole rings is 1. The lowest BCUT2D eigenvalue weighted by Gasteiger charge is -2.16. The molecular weight excluding hydrogens is 305 g/mol. The third-order valence-electron chi connectivity index (χ3n) is 4.09. The average molecular weight is 321 g/mol. The Labute approximate surface area is 130 Å². The number of aliphatic hydroxyl groups excluding tert-OH is 2. The summed E-state index contributed by atoms with van der Waals surface area (Å²) in [5, 5.41) is 23.4. The number of rotatable bonds is 4. The van der Waals surface area contributed by atoms with Gasteiger partial charge in [0.25, 0.3) is 0 Å². The van der Waals surface area contributed by atoms with Gasteiger partial charge in [0.1, 0.15) is 24.6 Å². The third kappa shape index (κ3) is 2.46. The summed E-state index contributed by atoms with van der Waals surface area (Å²) in [7, 11) is 0. The largest absolute Gasteiger partial charge is 0.387 e. The lowest BCUT2D eigenvalue weighted by molar-refractivity contribution is -0.0246. The molecule has 23 heavy (non-hydrogen) atoms. The van der Waals surface area contributed by atoms with Crippen LogP contribution >= 0.6 is 0 Å². The molecule has 122 valence electrons. The van der Waals surface area contributed by atoms with Crippen molar-refractivity contribution in [3.8, 4) is 0 Å². The predicted octanol–water partition coefficient (Wildman–Crippen LogP) is 0.503. The molecule has 1 aliphatic heterocycles. The van der Waals surface area contributed by atoms with E-state index in [1.165, 1.54) is 17.2 Å². The molecule has 0 radical (unpaired) electrons. The molecule has 0 amide bonds. The van der Waals surface area contributed by atoms with Crippen molar-refractivity contribution in [2.75, 3.05) is 5.32 Å². The van der Waals surface area contributed by atoms with Crippen LogP contribution in [0.1, 0.15) is 19.1 Å². The molecule has 3 N–H and O–H groups in total. The first kappa shape index (κ1) is 14.5. The van der Waals surface area contributed by atoms with Gasteiger partial charge in [-0.15, -0.1) is 0 Å². The molecule has 0 unspecified atom stereocenters. The molecule has 0 spiro atoms. The van der Waals surface area contributed by atoms with Gasteiger partial charge in [-0.25, -0.2) is 19.3 Å². The Hall–Kier alpha value is -2.10. The van der Waals surface area contributed by atoms with Crippen molar-refractivity contribution < 1.29 is 19.3 Å². The van der Waals surface area contributed by atoms with E-state index in [1.807, 2.05) is 0 Å². The minimum Gasteiger partial charge on any atom is -0.387 e. The predicted molar refractivity (Wildman–Crippen MR) is 78.1 cm³/mol. The van der Waals surface area contributed by atoms with Gasteiger partial charge < -0.3 is 20.3 Å². The Bertz CT molecular complexity index is 747. The molecule has 8 nitrogen and oxygen atoms in total. The van der Waals surface area contributed by atoms with E-state index in [-0.39, 0.29) is 6.33 Å². The van der Waals surface area contributed by atoms with Gasteiger partial charge in [-0.05, 0) is 18.9 Å². The second-order valence-electron chi connectivity index (χ2n) is 5.76. The lowest BCUT2D eigenvalue weighted by Crippen LogP contribution is -2.30. The van der Waals surface area contributed by atoms with Gasteiger partial charge in [0.2, 0.25) is 0 Å². The van der Waals surface area contributed by atoms with Crippen LogP contribution in [0.4, 0.5) is 10.2 Å². The number of hydrogen-bond acceptors (Lipinski definition) is 7. The first-order valence-corrected chi connectivity index (χ1v) is 7.41. The van der Waals surface area contributed by atoms with Crippen LogP contribution in [0.5, 0.6) is 0 Å². The number of aliphatic hydroxyl groups is 2. The van der Waals surface area contributed by atoms with Crippen molar-refractivity contribution in [2.45, 2.75) is 43.4 Å². The van der Waals surface area contributed by atoms with Crippen molar-refractivity contribution in [1.82, 2.24) is 19.5 Å². The number of hydrogen-bond donors (Lipinski definition) is 3. The summed E-state index contributed by atoms with van der Waals surface area (Å²) in [5.41, 5.74) is 1.04. The van der Waals surface area contributed by atoms with Crippen LogP contribution in [0.3, 0.4) is 0 Å². The van der Waals surface area contributed by atoms with E-state index in [0.29, 0.717) is 23.0 Å². The van der Waals surface area contributed by atoms with E-state index in [9.17, 15) is 14.6 Å². The fourth-order valence-electron chi connectivity index (χ4n) is 2.71. The summed E-state index contributed by atoms with van der Waals surface area (Å²) in [6.07, 6.45) is 2.14. The number of anilines is 1. The SMILES string of the molecule is O[C@@H]1[C@H](O)[C@@H](/C=C\F)O[C@H]1n1cnc2c(NC3CC3)ncnc21. The van der Waals surface area contributed by atoms with Gasteiger partial charge in [0, 0.05) is 6.04 Å². The molecule has 0 bridgehead atoms. The zero-order valence-electron chi connectivity index (χ0n) is 12.1. The second kappa shape index (κ2) is 5.52. The maximum absolute atomic E-state index is 12.3. The van der Waals surface area contributed by atoms with Crippen molar-refractivity contribution in [1.29, 1.82) is 0 Å². The molecule has 4 rings (SSSR count). The van der Waals surface area contributed by atoms with Crippen LogP contribution in [-0.4, -0.2) is 54.1 Å². The molecule has 2 aromatic rings. The fourth-order valence-corrected chi connectivity index (χ4v) is 2.71. The molecule has 3 heterocycles. The Kier molecular flexibility index (Phi) is 3.47. The summed E-state index contributed by atoms with van der Waals surface area (Å²) in [6.45, 7) is 0. The minimum atomic E-state index is -1.23. The fraction of sp³-hybridized carbons (Fsp3) is 0.500. The van der Waals surface area contributed by atoms with E-state index < -0.39 is 24.5 Å². The van der Waals surface area contributed by atoms with Crippen molar-refractivity contribution in [3.05, 3.63) is 25.1 Å².